The summed E-state index contributed by atoms with van der Waals surface area (Å²) in [4.78, 5) is 7.33. The number of rotatable bonds is 2. The van der Waals surface area contributed by atoms with E-state index in [1.165, 1.54) is 11.9 Å². The van der Waals surface area contributed by atoms with Crippen LogP contribution in [-0.2, 0) is 12.6 Å². The second-order valence-corrected chi connectivity index (χ2v) is 8.52. The van der Waals surface area contributed by atoms with E-state index in [2.05, 4.69) is 14.4 Å². The minimum atomic E-state index is -4.68. The summed E-state index contributed by atoms with van der Waals surface area (Å²) < 4.78 is 62.6. The van der Waals surface area contributed by atoms with Gasteiger partial charge in [-0.2, -0.15) is 13.2 Å². The van der Waals surface area contributed by atoms with Gasteiger partial charge in [-0.3, -0.25) is 0 Å². The molecule has 0 radical (unpaired) electrons. The molecule has 140 valence electrons. The molecule has 4 nitrogen and oxygen atoms in total. The summed E-state index contributed by atoms with van der Waals surface area (Å²) in [5, 5.41) is 0. The van der Waals surface area contributed by atoms with Gasteiger partial charge in [0.25, 0.3) is 0 Å². The molecule has 0 saturated heterocycles. The van der Waals surface area contributed by atoms with Crippen molar-refractivity contribution in [2.75, 3.05) is 0 Å². The molecule has 0 unspecified atom stereocenters. The number of fused-ring (bicyclic) bond motifs is 1. The molecule has 1 aliphatic rings. The highest BCUT2D eigenvalue weighted by Gasteiger charge is 2.34. The number of aromatic nitrogens is 2. The molecule has 3 rings (SSSR count). The van der Waals surface area contributed by atoms with Gasteiger partial charge in [0.2, 0.25) is 5.89 Å². The van der Waals surface area contributed by atoms with Crippen molar-refractivity contribution in [3.05, 3.63) is 35.2 Å². The van der Waals surface area contributed by atoms with Crippen molar-refractivity contribution in [3.8, 4) is 11.5 Å². The average molecular weight is 387 g/mol. The Morgan fingerprint density at radius 1 is 1.19 bits per heavy atom. The van der Waals surface area contributed by atoms with Gasteiger partial charge < -0.3 is 4.42 Å². The van der Waals surface area contributed by atoms with Crippen molar-refractivity contribution >= 4 is 17.7 Å². The molecule has 2 aromatic rings. The molecule has 0 spiro atoms. The maximum absolute atomic E-state index is 14.0. The average Bonchev–Trinajstić information content (AvgIpc) is 2.95. The van der Waals surface area contributed by atoms with Gasteiger partial charge in [0.1, 0.15) is 17.1 Å². The zero-order valence-electron chi connectivity index (χ0n) is 14.4. The molecule has 0 N–H and O–H groups in total. The van der Waals surface area contributed by atoms with E-state index in [1.54, 1.807) is 0 Å². The van der Waals surface area contributed by atoms with Crippen LogP contribution in [0.5, 0.6) is 0 Å². The molecule has 0 saturated carbocycles. The number of pyridine rings is 1. The van der Waals surface area contributed by atoms with Crippen LogP contribution in [0, 0.1) is 5.82 Å². The lowest BCUT2D eigenvalue weighted by Gasteiger charge is -2.16. The standard InChI is InChI=1S/C17H17F4N3OS/c1-16(2,3)26-24-11-5-4-6-12-14(11)23-15(25-12)9-7-13(17(19,20)21)22-8-10(9)18/h7-8H,4-6H2,1-3H3/b24-11+. The lowest BCUT2D eigenvalue weighted by molar-refractivity contribution is -0.141. The third kappa shape index (κ3) is 4.08. The molecule has 0 atom stereocenters. The molecule has 26 heavy (non-hydrogen) atoms. The second kappa shape index (κ2) is 6.68. The SMILES string of the molecule is CC(C)(C)S/N=C1\CCCc2oc(-c3cc(C(F)(F)F)ncc3F)nc21. The van der Waals surface area contributed by atoms with Gasteiger partial charge in [-0.15, -0.1) is 0 Å². The maximum Gasteiger partial charge on any atom is 0.433 e. The number of alkyl halides is 3. The normalized spacial score (nSPS) is 16.8. The van der Waals surface area contributed by atoms with E-state index in [-0.39, 0.29) is 16.2 Å². The monoisotopic (exact) mass is 387 g/mol. The number of oxazole rings is 1. The number of nitrogens with zero attached hydrogens (tertiary/aromatic N) is 3. The fourth-order valence-electron chi connectivity index (χ4n) is 2.44. The van der Waals surface area contributed by atoms with Gasteiger partial charge in [-0.25, -0.2) is 18.8 Å². The molecule has 0 amide bonds. The van der Waals surface area contributed by atoms with Crippen molar-refractivity contribution < 1.29 is 22.0 Å². The molecule has 0 aliphatic heterocycles. The van der Waals surface area contributed by atoms with Crippen molar-refractivity contribution in [1.29, 1.82) is 0 Å². The first-order valence-electron chi connectivity index (χ1n) is 8.03. The largest absolute Gasteiger partial charge is 0.440 e. The molecular formula is C17H17F4N3OS. The van der Waals surface area contributed by atoms with Crippen LogP contribution in [0.2, 0.25) is 0 Å². The van der Waals surface area contributed by atoms with Crippen LogP contribution >= 0.6 is 11.9 Å². The van der Waals surface area contributed by atoms with Gasteiger partial charge in [0, 0.05) is 11.2 Å². The third-order valence-corrected chi connectivity index (χ3v) is 4.45. The van der Waals surface area contributed by atoms with E-state index in [0.29, 0.717) is 42.3 Å². The Bertz CT molecular complexity index is 853. The van der Waals surface area contributed by atoms with E-state index in [4.69, 9.17) is 4.42 Å². The summed E-state index contributed by atoms with van der Waals surface area (Å²) in [6.45, 7) is 6.06. The van der Waals surface area contributed by atoms with E-state index in [9.17, 15) is 17.6 Å². The van der Waals surface area contributed by atoms with E-state index >= 15 is 0 Å². The van der Waals surface area contributed by atoms with Crippen LogP contribution in [0.4, 0.5) is 17.6 Å². The van der Waals surface area contributed by atoms with Gasteiger partial charge in [-0.05, 0) is 51.6 Å². The molecule has 2 heterocycles. The van der Waals surface area contributed by atoms with Gasteiger partial charge in [0.05, 0.1) is 17.5 Å². The van der Waals surface area contributed by atoms with E-state index < -0.39 is 17.7 Å². The maximum atomic E-state index is 14.0. The van der Waals surface area contributed by atoms with E-state index in [1.807, 2.05) is 20.8 Å². The van der Waals surface area contributed by atoms with Crippen molar-refractivity contribution in [1.82, 2.24) is 9.97 Å². The van der Waals surface area contributed by atoms with Gasteiger partial charge >= 0.3 is 6.18 Å². The zero-order chi connectivity index (χ0) is 19.1. The lowest BCUT2D eigenvalue weighted by atomic mass is 10.0. The van der Waals surface area contributed by atoms with Crippen LogP contribution in [0.1, 0.15) is 50.8 Å². The summed E-state index contributed by atoms with van der Waals surface area (Å²) in [7, 11) is 0. The number of hydrogen-bond acceptors (Lipinski definition) is 5. The van der Waals surface area contributed by atoms with Crippen molar-refractivity contribution in [3.63, 3.8) is 0 Å². The smallest absolute Gasteiger partial charge is 0.433 e. The summed E-state index contributed by atoms with van der Waals surface area (Å²) in [5.41, 5.74) is -0.341. The molecule has 2 aromatic heterocycles. The van der Waals surface area contributed by atoms with Crippen LogP contribution in [-0.4, -0.2) is 20.4 Å². The number of halogens is 4. The minimum Gasteiger partial charge on any atom is -0.440 e. The van der Waals surface area contributed by atoms with Gasteiger partial charge in [-0.1, -0.05) is 0 Å². The Kier molecular flexibility index (Phi) is 4.85. The molecule has 1 aliphatic carbocycles. The molecule has 9 heteroatoms. The first-order valence-corrected chi connectivity index (χ1v) is 8.80. The van der Waals surface area contributed by atoms with Crippen LogP contribution < -0.4 is 0 Å². The molecule has 0 fully saturated rings. The third-order valence-electron chi connectivity index (χ3n) is 3.59. The zero-order valence-corrected chi connectivity index (χ0v) is 15.3. The van der Waals surface area contributed by atoms with Crippen LogP contribution in [0.15, 0.2) is 21.1 Å². The quantitative estimate of drug-likeness (QED) is 0.507. The van der Waals surface area contributed by atoms with Crippen LogP contribution in [0.3, 0.4) is 0 Å². The summed E-state index contributed by atoms with van der Waals surface area (Å²) in [6, 6.07) is 0.618. The Hall–Kier alpha value is -1.90. The number of hydrogen-bond donors (Lipinski definition) is 0. The highest BCUT2D eigenvalue weighted by molar-refractivity contribution is 7.99. The van der Waals surface area contributed by atoms with Crippen molar-refractivity contribution in [2.45, 2.75) is 51.0 Å². The predicted octanol–water partition coefficient (Wildman–Crippen LogP) is 5.47. The Balaban J connectivity index is 2.01. The van der Waals surface area contributed by atoms with Gasteiger partial charge in [0.15, 0.2) is 5.82 Å². The topological polar surface area (TPSA) is 51.3 Å². The second-order valence-electron chi connectivity index (χ2n) is 6.93. The highest BCUT2D eigenvalue weighted by Crippen LogP contribution is 2.34. The molecule has 0 aromatic carbocycles. The molecular weight excluding hydrogens is 370 g/mol. The predicted molar refractivity (Wildman–Crippen MR) is 91.5 cm³/mol. The summed E-state index contributed by atoms with van der Waals surface area (Å²) >= 11 is 1.39. The van der Waals surface area contributed by atoms with E-state index in [0.717, 1.165) is 6.42 Å². The Morgan fingerprint density at radius 3 is 2.58 bits per heavy atom. The highest BCUT2D eigenvalue weighted by atomic mass is 32.2. The summed E-state index contributed by atoms with van der Waals surface area (Å²) in [5.74, 6) is -0.584. The Labute approximate surface area is 152 Å². The first-order chi connectivity index (χ1) is 12.0. The van der Waals surface area contributed by atoms with Crippen molar-refractivity contribution in [2.24, 2.45) is 4.40 Å². The molecule has 0 bridgehead atoms. The Morgan fingerprint density at radius 2 is 1.92 bits per heavy atom. The fourth-order valence-corrected chi connectivity index (χ4v) is 3.00. The fraction of sp³-hybridized carbons (Fsp3) is 0.471. The number of aryl methyl sites for hydroxylation is 1. The van der Waals surface area contributed by atoms with Crippen LogP contribution in [0.25, 0.3) is 11.5 Å². The summed E-state index contributed by atoms with van der Waals surface area (Å²) in [6.07, 6.45) is -2.08. The lowest BCUT2D eigenvalue weighted by Crippen LogP contribution is -2.12. The minimum absolute atomic E-state index is 0.0873. The first kappa shape index (κ1) is 18.9.